The van der Waals surface area contributed by atoms with Crippen LogP contribution < -0.4 is 10.6 Å². The first-order valence-corrected chi connectivity index (χ1v) is 7.98. The lowest BCUT2D eigenvalue weighted by Gasteiger charge is -2.11. The van der Waals surface area contributed by atoms with Crippen molar-refractivity contribution in [3.8, 4) is 0 Å². The summed E-state index contributed by atoms with van der Waals surface area (Å²) >= 11 is 5.71. The lowest BCUT2D eigenvalue weighted by Crippen LogP contribution is -2.29. The molecule has 2 rings (SSSR count). The van der Waals surface area contributed by atoms with Gasteiger partial charge >= 0.3 is 0 Å². The number of alkyl halides is 2. The largest absolute Gasteiger partial charge is 0.362 e. The fourth-order valence-electron chi connectivity index (χ4n) is 1.78. The molecule has 2 N–H and O–H groups in total. The van der Waals surface area contributed by atoms with Gasteiger partial charge in [0.1, 0.15) is 0 Å². The highest BCUT2D eigenvalue weighted by atomic mass is 32.2. The number of nitrogens with one attached hydrogen (secondary N) is 2. The van der Waals surface area contributed by atoms with Gasteiger partial charge in [-0.2, -0.15) is 8.78 Å². The van der Waals surface area contributed by atoms with Crippen molar-refractivity contribution in [2.45, 2.75) is 23.6 Å². The smallest absolute Gasteiger partial charge is 0.288 e. The molecule has 0 unspecified atom stereocenters. The Morgan fingerprint density at radius 2 is 2.09 bits per heavy atom. The van der Waals surface area contributed by atoms with Crippen molar-refractivity contribution in [3.63, 3.8) is 0 Å². The first kappa shape index (κ1) is 16.7. The molecule has 0 aliphatic heterocycles. The van der Waals surface area contributed by atoms with Crippen LogP contribution >= 0.6 is 24.0 Å². The molecule has 0 aliphatic rings. The van der Waals surface area contributed by atoms with Gasteiger partial charge < -0.3 is 15.2 Å². The van der Waals surface area contributed by atoms with Crippen molar-refractivity contribution in [1.29, 1.82) is 0 Å². The van der Waals surface area contributed by atoms with Gasteiger partial charge in [-0.3, -0.25) is 0 Å². The van der Waals surface area contributed by atoms with E-state index in [9.17, 15) is 8.78 Å². The molecule has 0 saturated carbocycles. The SMILES string of the molecule is FC(F)Sc1ccc(NC(=S)NCCCn2ccnc2)cc1. The van der Waals surface area contributed by atoms with Gasteiger partial charge in [-0.25, -0.2) is 4.98 Å². The van der Waals surface area contributed by atoms with E-state index >= 15 is 0 Å². The summed E-state index contributed by atoms with van der Waals surface area (Å²) in [5, 5.41) is 6.64. The number of aryl methyl sites for hydroxylation is 1. The van der Waals surface area contributed by atoms with E-state index in [1.54, 1.807) is 36.8 Å². The molecule has 118 valence electrons. The van der Waals surface area contributed by atoms with Crippen LogP contribution in [0.15, 0.2) is 47.9 Å². The van der Waals surface area contributed by atoms with Crippen LogP contribution in [0.25, 0.3) is 0 Å². The van der Waals surface area contributed by atoms with Crippen LogP contribution in [0.4, 0.5) is 14.5 Å². The fourth-order valence-corrected chi connectivity index (χ4v) is 2.50. The number of halogens is 2. The summed E-state index contributed by atoms with van der Waals surface area (Å²) in [7, 11) is 0. The van der Waals surface area contributed by atoms with Crippen LogP contribution in [0.3, 0.4) is 0 Å². The zero-order valence-corrected chi connectivity index (χ0v) is 13.3. The number of rotatable bonds is 7. The monoisotopic (exact) mass is 342 g/mol. The maximum atomic E-state index is 12.2. The van der Waals surface area contributed by atoms with Crippen molar-refractivity contribution >= 4 is 34.8 Å². The Balaban J connectivity index is 1.68. The second-order valence-corrected chi connectivity index (χ2v) is 5.91. The van der Waals surface area contributed by atoms with E-state index in [4.69, 9.17) is 12.2 Å². The van der Waals surface area contributed by atoms with Crippen LogP contribution in [0.2, 0.25) is 0 Å². The third-order valence-corrected chi connectivity index (χ3v) is 3.74. The molecule has 0 aliphatic carbocycles. The summed E-state index contributed by atoms with van der Waals surface area (Å²) in [6.07, 6.45) is 6.35. The number of aromatic nitrogens is 2. The van der Waals surface area contributed by atoms with Crippen molar-refractivity contribution in [1.82, 2.24) is 14.9 Å². The molecular weight excluding hydrogens is 326 g/mol. The molecule has 0 spiro atoms. The summed E-state index contributed by atoms with van der Waals surface area (Å²) < 4.78 is 26.4. The second kappa shape index (κ2) is 8.70. The van der Waals surface area contributed by atoms with E-state index < -0.39 is 5.76 Å². The number of anilines is 1. The van der Waals surface area contributed by atoms with Gasteiger partial charge in [-0.1, -0.05) is 11.8 Å². The summed E-state index contributed by atoms with van der Waals surface area (Å²) in [4.78, 5) is 4.50. The molecule has 22 heavy (non-hydrogen) atoms. The lowest BCUT2D eigenvalue weighted by atomic mass is 10.3. The quantitative estimate of drug-likeness (QED) is 0.457. The van der Waals surface area contributed by atoms with E-state index in [0.29, 0.717) is 21.8 Å². The number of hydrogen-bond donors (Lipinski definition) is 2. The number of nitrogens with zero attached hydrogens (tertiary/aromatic N) is 2. The van der Waals surface area contributed by atoms with Crippen molar-refractivity contribution in [2.24, 2.45) is 0 Å². The summed E-state index contributed by atoms with van der Waals surface area (Å²) in [5.74, 6) is -2.41. The van der Waals surface area contributed by atoms with Crippen LogP contribution in [-0.2, 0) is 6.54 Å². The molecule has 1 aromatic carbocycles. The maximum absolute atomic E-state index is 12.2. The Morgan fingerprint density at radius 3 is 2.73 bits per heavy atom. The van der Waals surface area contributed by atoms with Crippen LogP contribution in [0.5, 0.6) is 0 Å². The first-order chi connectivity index (χ1) is 10.6. The molecule has 1 aromatic heterocycles. The highest BCUT2D eigenvalue weighted by molar-refractivity contribution is 7.99. The van der Waals surface area contributed by atoms with Gasteiger partial charge in [0.05, 0.1) is 6.33 Å². The van der Waals surface area contributed by atoms with Crippen molar-refractivity contribution in [2.75, 3.05) is 11.9 Å². The van der Waals surface area contributed by atoms with Gasteiger partial charge in [-0.05, 0) is 42.9 Å². The molecule has 0 atom stereocenters. The lowest BCUT2D eigenvalue weighted by molar-refractivity contribution is 0.252. The molecule has 0 bridgehead atoms. The molecular formula is C14H16F2N4S2. The third kappa shape index (κ3) is 5.98. The Morgan fingerprint density at radius 1 is 1.32 bits per heavy atom. The predicted octanol–water partition coefficient (Wildman–Crippen LogP) is 3.57. The zero-order chi connectivity index (χ0) is 15.8. The summed E-state index contributed by atoms with van der Waals surface area (Å²) in [6, 6.07) is 6.73. The zero-order valence-electron chi connectivity index (χ0n) is 11.7. The van der Waals surface area contributed by atoms with Crippen LogP contribution in [0.1, 0.15) is 6.42 Å². The highest BCUT2D eigenvalue weighted by Crippen LogP contribution is 2.26. The predicted molar refractivity (Wildman–Crippen MR) is 89.4 cm³/mol. The Kier molecular flexibility index (Phi) is 6.60. The van der Waals surface area contributed by atoms with Gasteiger partial charge in [-0.15, -0.1) is 0 Å². The molecule has 1 heterocycles. The van der Waals surface area contributed by atoms with Crippen LogP contribution in [0, 0.1) is 0 Å². The van der Waals surface area contributed by atoms with Crippen LogP contribution in [-0.4, -0.2) is 27.0 Å². The number of thiocarbonyl (C=S) groups is 1. The number of thioether (sulfide) groups is 1. The van der Waals surface area contributed by atoms with Gasteiger partial charge in [0, 0.05) is 36.1 Å². The fraction of sp³-hybridized carbons (Fsp3) is 0.286. The van der Waals surface area contributed by atoms with Crippen molar-refractivity contribution in [3.05, 3.63) is 43.0 Å². The molecule has 0 fully saturated rings. The maximum Gasteiger partial charge on any atom is 0.288 e. The number of benzene rings is 1. The molecule has 0 amide bonds. The Hall–Kier alpha value is -1.67. The van der Waals surface area contributed by atoms with E-state index in [0.717, 1.165) is 25.2 Å². The van der Waals surface area contributed by atoms with E-state index in [1.165, 1.54) is 0 Å². The molecule has 0 radical (unpaired) electrons. The van der Waals surface area contributed by atoms with E-state index in [1.807, 2.05) is 10.8 Å². The minimum absolute atomic E-state index is 0.514. The van der Waals surface area contributed by atoms with Gasteiger partial charge in [0.25, 0.3) is 5.76 Å². The number of imidazole rings is 1. The average molecular weight is 342 g/mol. The highest BCUT2D eigenvalue weighted by Gasteiger charge is 2.05. The minimum atomic E-state index is -2.41. The molecule has 0 saturated heterocycles. The Labute approximate surface area is 137 Å². The summed E-state index contributed by atoms with van der Waals surface area (Å²) in [6.45, 7) is 1.61. The third-order valence-electron chi connectivity index (χ3n) is 2.78. The average Bonchev–Trinajstić information content (AvgIpc) is 2.98. The molecule has 4 nitrogen and oxygen atoms in total. The van der Waals surface area contributed by atoms with Crippen molar-refractivity contribution < 1.29 is 8.78 Å². The molecule has 2 aromatic rings. The van der Waals surface area contributed by atoms with Gasteiger partial charge in [0.2, 0.25) is 0 Å². The normalized spacial score (nSPS) is 10.7. The standard InChI is InChI=1S/C14H16F2N4S2/c15-13(16)22-12-4-2-11(3-5-12)19-14(21)18-6-1-8-20-9-7-17-10-20/h2-5,7,9-10,13H,1,6,8H2,(H2,18,19,21). The topological polar surface area (TPSA) is 41.9 Å². The number of hydrogen-bond acceptors (Lipinski definition) is 3. The minimum Gasteiger partial charge on any atom is -0.362 e. The molecule has 8 heteroatoms. The van der Waals surface area contributed by atoms with E-state index in [2.05, 4.69) is 15.6 Å². The summed E-state index contributed by atoms with van der Waals surface area (Å²) in [5.41, 5.74) is 0.769. The second-order valence-electron chi connectivity index (χ2n) is 4.44. The van der Waals surface area contributed by atoms with E-state index in [-0.39, 0.29) is 0 Å². The first-order valence-electron chi connectivity index (χ1n) is 6.69. The van der Waals surface area contributed by atoms with Gasteiger partial charge in [0.15, 0.2) is 5.11 Å². The Bertz CT molecular complexity index is 573.